The third kappa shape index (κ3) is 3.24. The van der Waals surface area contributed by atoms with E-state index in [-0.39, 0.29) is 25.2 Å². The van der Waals surface area contributed by atoms with Crippen molar-refractivity contribution in [3.63, 3.8) is 0 Å². The molecule has 5 nitrogen and oxygen atoms in total. The lowest BCUT2D eigenvalue weighted by atomic mass is 10.1. The number of hydrogen-bond acceptors (Lipinski definition) is 3. The zero-order valence-corrected chi connectivity index (χ0v) is 12.7. The number of anilines is 1. The normalized spacial score (nSPS) is 17.2. The van der Waals surface area contributed by atoms with E-state index in [0.717, 1.165) is 12.1 Å². The number of hydrogen-bond donors (Lipinski definition) is 1. The topological polar surface area (TPSA) is 62.3 Å². The second-order valence-electron chi connectivity index (χ2n) is 5.47. The molecule has 0 aliphatic carbocycles. The Kier molecular flexibility index (Phi) is 4.50. The average molecular weight is 331 g/mol. The molecular weight excluding hydrogens is 316 g/mol. The number of aromatic nitrogens is 1. The highest BCUT2D eigenvalue weighted by atomic mass is 19.1. The van der Waals surface area contributed by atoms with Gasteiger partial charge < -0.3 is 10.2 Å². The Morgan fingerprint density at radius 3 is 2.83 bits per heavy atom. The van der Waals surface area contributed by atoms with E-state index < -0.39 is 29.4 Å². The van der Waals surface area contributed by atoms with Gasteiger partial charge in [0.05, 0.1) is 17.9 Å². The van der Waals surface area contributed by atoms with Gasteiger partial charge in [0.25, 0.3) is 0 Å². The van der Waals surface area contributed by atoms with Crippen LogP contribution < -0.4 is 10.2 Å². The number of nitrogens with one attached hydrogen (secondary N) is 1. The maximum Gasteiger partial charge on any atom is 0.239 e. The first-order valence-electron chi connectivity index (χ1n) is 7.50. The molecule has 24 heavy (non-hydrogen) atoms. The zero-order chi connectivity index (χ0) is 17.1. The third-order valence-electron chi connectivity index (χ3n) is 3.89. The van der Waals surface area contributed by atoms with E-state index in [1.54, 1.807) is 24.4 Å². The van der Waals surface area contributed by atoms with Crippen molar-refractivity contribution in [2.45, 2.75) is 13.0 Å². The van der Waals surface area contributed by atoms with E-state index in [0.29, 0.717) is 5.69 Å². The summed E-state index contributed by atoms with van der Waals surface area (Å²) in [5.74, 6) is -3.32. The summed E-state index contributed by atoms with van der Waals surface area (Å²) < 4.78 is 26.8. The van der Waals surface area contributed by atoms with Crippen molar-refractivity contribution < 1.29 is 18.4 Å². The molecule has 7 heteroatoms. The van der Waals surface area contributed by atoms with Crippen molar-refractivity contribution in [1.82, 2.24) is 10.3 Å². The standard InChI is InChI=1S/C17H15F2N3O2/c18-11-4-5-15(14(19)9-11)22-8-6-13(17(22)24)16(23)21-10-12-3-1-2-7-20-12/h1-5,7,9,13H,6,8,10H2,(H,21,23)/t13-/m0/s1. The van der Waals surface area contributed by atoms with Gasteiger partial charge in [0.1, 0.15) is 17.6 Å². The molecule has 0 unspecified atom stereocenters. The molecule has 124 valence electrons. The molecule has 1 aromatic heterocycles. The van der Waals surface area contributed by atoms with Gasteiger partial charge in [-0.3, -0.25) is 14.6 Å². The van der Waals surface area contributed by atoms with Crippen LogP contribution in [0.25, 0.3) is 0 Å². The SMILES string of the molecule is O=C(NCc1ccccn1)[C@@H]1CCN(c2ccc(F)cc2F)C1=O. The summed E-state index contributed by atoms with van der Waals surface area (Å²) >= 11 is 0. The minimum atomic E-state index is -0.877. The fourth-order valence-corrected chi connectivity index (χ4v) is 2.67. The highest BCUT2D eigenvalue weighted by molar-refractivity contribution is 6.09. The Hall–Kier alpha value is -2.83. The molecule has 2 aromatic rings. The van der Waals surface area contributed by atoms with Gasteiger partial charge >= 0.3 is 0 Å². The second-order valence-corrected chi connectivity index (χ2v) is 5.47. The third-order valence-corrected chi connectivity index (χ3v) is 3.89. The van der Waals surface area contributed by atoms with Crippen LogP contribution in [0.15, 0.2) is 42.6 Å². The number of carbonyl (C=O) groups is 2. The molecule has 0 bridgehead atoms. The Morgan fingerprint density at radius 1 is 1.29 bits per heavy atom. The van der Waals surface area contributed by atoms with E-state index in [4.69, 9.17) is 0 Å². The highest BCUT2D eigenvalue weighted by Gasteiger charge is 2.38. The lowest BCUT2D eigenvalue weighted by Crippen LogP contribution is -2.37. The summed E-state index contributed by atoms with van der Waals surface area (Å²) in [6.45, 7) is 0.428. The van der Waals surface area contributed by atoms with Gasteiger partial charge in [-0.05, 0) is 30.7 Å². The Bertz CT molecular complexity index is 768. The van der Waals surface area contributed by atoms with Crippen LogP contribution in [0.4, 0.5) is 14.5 Å². The fourth-order valence-electron chi connectivity index (χ4n) is 2.67. The molecule has 1 saturated heterocycles. The van der Waals surface area contributed by atoms with Crippen LogP contribution in [-0.2, 0) is 16.1 Å². The molecule has 1 N–H and O–H groups in total. The van der Waals surface area contributed by atoms with E-state index in [2.05, 4.69) is 10.3 Å². The van der Waals surface area contributed by atoms with Crippen molar-refractivity contribution in [2.75, 3.05) is 11.4 Å². The van der Waals surface area contributed by atoms with Crippen molar-refractivity contribution in [3.8, 4) is 0 Å². The van der Waals surface area contributed by atoms with Crippen LogP contribution in [0.3, 0.4) is 0 Å². The lowest BCUT2D eigenvalue weighted by Gasteiger charge is -2.17. The highest BCUT2D eigenvalue weighted by Crippen LogP contribution is 2.28. The summed E-state index contributed by atoms with van der Waals surface area (Å²) in [5, 5.41) is 2.66. The first-order chi connectivity index (χ1) is 11.6. The van der Waals surface area contributed by atoms with Gasteiger partial charge in [0.15, 0.2) is 0 Å². The van der Waals surface area contributed by atoms with Crippen LogP contribution in [0.1, 0.15) is 12.1 Å². The maximum absolute atomic E-state index is 13.8. The molecule has 1 aliphatic rings. The minimum Gasteiger partial charge on any atom is -0.350 e. The summed E-state index contributed by atoms with van der Waals surface area (Å²) in [5.41, 5.74) is 0.666. The summed E-state index contributed by atoms with van der Waals surface area (Å²) in [6.07, 6.45) is 1.89. The van der Waals surface area contributed by atoms with Crippen molar-refractivity contribution in [1.29, 1.82) is 0 Å². The van der Waals surface area contributed by atoms with Gasteiger partial charge in [-0.25, -0.2) is 8.78 Å². The van der Waals surface area contributed by atoms with E-state index in [1.165, 1.54) is 11.0 Å². The van der Waals surface area contributed by atoms with E-state index in [1.807, 2.05) is 0 Å². The van der Waals surface area contributed by atoms with Gasteiger partial charge in [0.2, 0.25) is 11.8 Å². The quantitative estimate of drug-likeness (QED) is 0.872. The van der Waals surface area contributed by atoms with Crippen molar-refractivity contribution in [3.05, 3.63) is 59.9 Å². The van der Waals surface area contributed by atoms with Gasteiger partial charge in [-0.1, -0.05) is 6.07 Å². The summed E-state index contributed by atoms with van der Waals surface area (Å²) in [4.78, 5) is 29.9. The maximum atomic E-state index is 13.8. The van der Waals surface area contributed by atoms with Crippen LogP contribution >= 0.6 is 0 Å². The molecule has 0 spiro atoms. The Balaban J connectivity index is 1.66. The molecule has 1 aliphatic heterocycles. The van der Waals surface area contributed by atoms with Crippen LogP contribution in [0.5, 0.6) is 0 Å². The number of nitrogens with zero attached hydrogens (tertiary/aromatic N) is 2. The molecular formula is C17H15F2N3O2. The minimum absolute atomic E-state index is 0.0126. The van der Waals surface area contributed by atoms with Crippen LogP contribution in [0.2, 0.25) is 0 Å². The molecule has 1 atom stereocenters. The predicted octanol–water partition coefficient (Wildman–Crippen LogP) is 2.03. The molecule has 0 radical (unpaired) electrons. The number of halogens is 2. The number of pyridine rings is 1. The Labute approximate surface area is 137 Å². The van der Waals surface area contributed by atoms with E-state index >= 15 is 0 Å². The number of carbonyl (C=O) groups excluding carboxylic acids is 2. The molecule has 1 fully saturated rings. The molecule has 3 rings (SSSR count). The van der Waals surface area contributed by atoms with Gasteiger partial charge in [-0.15, -0.1) is 0 Å². The second kappa shape index (κ2) is 6.74. The first-order valence-corrected chi connectivity index (χ1v) is 7.50. The molecule has 1 aromatic carbocycles. The van der Waals surface area contributed by atoms with E-state index in [9.17, 15) is 18.4 Å². The molecule has 0 saturated carbocycles. The zero-order valence-electron chi connectivity index (χ0n) is 12.7. The van der Waals surface area contributed by atoms with Crippen LogP contribution in [-0.4, -0.2) is 23.3 Å². The Morgan fingerprint density at radius 2 is 2.12 bits per heavy atom. The van der Waals surface area contributed by atoms with Crippen molar-refractivity contribution in [2.24, 2.45) is 5.92 Å². The lowest BCUT2D eigenvalue weighted by molar-refractivity contribution is -0.132. The van der Waals surface area contributed by atoms with Crippen molar-refractivity contribution >= 4 is 17.5 Å². The molecule has 2 amide bonds. The number of benzene rings is 1. The predicted molar refractivity (Wildman–Crippen MR) is 82.9 cm³/mol. The first kappa shape index (κ1) is 16.0. The van der Waals surface area contributed by atoms with Gasteiger partial charge in [0, 0.05) is 18.8 Å². The van der Waals surface area contributed by atoms with Crippen LogP contribution in [0, 0.1) is 17.6 Å². The average Bonchev–Trinajstić information content (AvgIpc) is 2.95. The largest absolute Gasteiger partial charge is 0.350 e. The van der Waals surface area contributed by atoms with Gasteiger partial charge in [-0.2, -0.15) is 0 Å². The number of amides is 2. The monoisotopic (exact) mass is 331 g/mol. The fraction of sp³-hybridized carbons (Fsp3) is 0.235. The summed E-state index contributed by atoms with van der Waals surface area (Å²) in [6, 6.07) is 8.33. The number of rotatable bonds is 4. The summed E-state index contributed by atoms with van der Waals surface area (Å²) in [7, 11) is 0. The smallest absolute Gasteiger partial charge is 0.239 e. The molecule has 2 heterocycles.